The first-order chi connectivity index (χ1) is 7.45. The summed E-state index contributed by atoms with van der Waals surface area (Å²) in [5, 5.41) is 9.53. The van der Waals surface area contributed by atoms with Gasteiger partial charge in [0, 0.05) is 13.1 Å². The zero-order valence-electron chi connectivity index (χ0n) is 9.16. The average Bonchev–Trinajstić information content (AvgIpc) is 2.56. The topological polar surface area (TPSA) is 53.4 Å². The number of rotatable bonds is 5. The van der Waals surface area contributed by atoms with Crippen molar-refractivity contribution in [3.05, 3.63) is 22.2 Å². The highest BCUT2D eigenvalue weighted by atomic mass is 35.5. The van der Waals surface area contributed by atoms with Gasteiger partial charge in [0.1, 0.15) is 0 Å². The number of carboxylic acids is 1. The average molecular weight is 261 g/mol. The van der Waals surface area contributed by atoms with Crippen molar-refractivity contribution in [1.29, 1.82) is 0 Å². The standard InChI is InChI=1S/C10H13ClN2O2S/c1-4-13(5-6(2)3)10-12-8(11)7(16-10)9(14)15/h2,4-5H2,1,3H3,(H,14,15). The van der Waals surface area contributed by atoms with Crippen molar-refractivity contribution < 1.29 is 9.90 Å². The van der Waals surface area contributed by atoms with Crippen LogP contribution in [-0.4, -0.2) is 29.1 Å². The van der Waals surface area contributed by atoms with Gasteiger partial charge >= 0.3 is 5.97 Å². The first kappa shape index (κ1) is 13.0. The smallest absolute Gasteiger partial charge is 0.349 e. The van der Waals surface area contributed by atoms with Crippen molar-refractivity contribution in [2.75, 3.05) is 18.0 Å². The molecule has 1 heterocycles. The second-order valence-electron chi connectivity index (χ2n) is 3.39. The number of halogens is 1. The second-order valence-corrected chi connectivity index (χ2v) is 4.73. The highest BCUT2D eigenvalue weighted by Gasteiger charge is 2.18. The van der Waals surface area contributed by atoms with Gasteiger partial charge in [0.15, 0.2) is 15.2 Å². The minimum Gasteiger partial charge on any atom is -0.477 e. The van der Waals surface area contributed by atoms with E-state index in [-0.39, 0.29) is 10.0 Å². The fourth-order valence-electron chi connectivity index (χ4n) is 1.20. The molecule has 1 rings (SSSR count). The van der Waals surface area contributed by atoms with Crippen LogP contribution in [0.15, 0.2) is 12.2 Å². The summed E-state index contributed by atoms with van der Waals surface area (Å²) in [5.74, 6) is -1.04. The molecule has 0 saturated heterocycles. The number of thiazole rings is 1. The molecule has 6 heteroatoms. The molecule has 0 atom stereocenters. The van der Waals surface area contributed by atoms with Crippen molar-refractivity contribution in [3.63, 3.8) is 0 Å². The second kappa shape index (κ2) is 5.32. The Morgan fingerprint density at radius 2 is 2.31 bits per heavy atom. The Bertz CT molecular complexity index is 417. The zero-order chi connectivity index (χ0) is 12.3. The first-order valence-electron chi connectivity index (χ1n) is 4.74. The number of carbonyl (C=O) groups is 1. The largest absolute Gasteiger partial charge is 0.477 e. The molecule has 0 aliphatic rings. The molecule has 0 amide bonds. The lowest BCUT2D eigenvalue weighted by atomic mass is 10.3. The molecule has 88 valence electrons. The van der Waals surface area contributed by atoms with Gasteiger partial charge in [-0.05, 0) is 13.8 Å². The van der Waals surface area contributed by atoms with E-state index in [1.807, 2.05) is 18.7 Å². The Hall–Kier alpha value is -1.07. The molecule has 1 N–H and O–H groups in total. The van der Waals surface area contributed by atoms with Crippen molar-refractivity contribution in [2.45, 2.75) is 13.8 Å². The molecule has 0 aromatic carbocycles. The fourth-order valence-corrected chi connectivity index (χ4v) is 2.38. The van der Waals surface area contributed by atoms with E-state index in [2.05, 4.69) is 11.6 Å². The van der Waals surface area contributed by atoms with Crippen molar-refractivity contribution in [3.8, 4) is 0 Å². The lowest BCUT2D eigenvalue weighted by Crippen LogP contribution is -2.24. The number of nitrogens with zero attached hydrogens (tertiary/aromatic N) is 2. The van der Waals surface area contributed by atoms with Gasteiger partial charge in [0.25, 0.3) is 0 Å². The summed E-state index contributed by atoms with van der Waals surface area (Å²) in [6.07, 6.45) is 0. The van der Waals surface area contributed by atoms with Gasteiger partial charge in [-0.3, -0.25) is 0 Å². The van der Waals surface area contributed by atoms with Crippen molar-refractivity contribution in [2.24, 2.45) is 0 Å². The fraction of sp³-hybridized carbons (Fsp3) is 0.400. The van der Waals surface area contributed by atoms with Gasteiger partial charge in [-0.15, -0.1) is 0 Å². The van der Waals surface area contributed by atoms with E-state index in [9.17, 15) is 4.79 Å². The molecule has 16 heavy (non-hydrogen) atoms. The molecule has 0 fully saturated rings. The van der Waals surface area contributed by atoms with Gasteiger partial charge in [-0.25, -0.2) is 9.78 Å². The minimum absolute atomic E-state index is 0.0488. The summed E-state index contributed by atoms with van der Waals surface area (Å²) in [6.45, 7) is 9.09. The van der Waals surface area contributed by atoms with Crippen LogP contribution in [0.5, 0.6) is 0 Å². The molecule has 1 aromatic heterocycles. The van der Waals surface area contributed by atoms with Crippen LogP contribution in [0.25, 0.3) is 0 Å². The Morgan fingerprint density at radius 3 is 2.69 bits per heavy atom. The van der Waals surface area contributed by atoms with Crippen LogP contribution in [0.4, 0.5) is 5.13 Å². The highest BCUT2D eigenvalue weighted by Crippen LogP contribution is 2.29. The van der Waals surface area contributed by atoms with Crippen LogP contribution >= 0.6 is 22.9 Å². The van der Waals surface area contributed by atoms with Gasteiger partial charge in [0.05, 0.1) is 0 Å². The lowest BCUT2D eigenvalue weighted by Gasteiger charge is -2.19. The van der Waals surface area contributed by atoms with Crippen LogP contribution in [0.2, 0.25) is 5.15 Å². The highest BCUT2D eigenvalue weighted by molar-refractivity contribution is 7.18. The van der Waals surface area contributed by atoms with Crippen LogP contribution in [-0.2, 0) is 0 Å². The quantitative estimate of drug-likeness (QED) is 0.827. The predicted molar refractivity (Wildman–Crippen MR) is 66.8 cm³/mol. The Kier molecular flexibility index (Phi) is 4.32. The maximum absolute atomic E-state index is 10.8. The van der Waals surface area contributed by atoms with E-state index >= 15 is 0 Å². The summed E-state index contributed by atoms with van der Waals surface area (Å²) in [6, 6.07) is 0. The van der Waals surface area contributed by atoms with Crippen molar-refractivity contribution in [1.82, 2.24) is 4.98 Å². The number of anilines is 1. The minimum atomic E-state index is -1.04. The van der Waals surface area contributed by atoms with Gasteiger partial charge in [-0.1, -0.05) is 35.1 Å². The molecule has 0 spiro atoms. The number of aromatic carboxylic acids is 1. The van der Waals surface area contributed by atoms with E-state index in [0.717, 1.165) is 23.5 Å². The molecule has 0 aliphatic heterocycles. The number of hydrogen-bond donors (Lipinski definition) is 1. The number of hydrogen-bond acceptors (Lipinski definition) is 4. The molecular formula is C10H13ClN2O2S. The van der Waals surface area contributed by atoms with E-state index in [1.165, 1.54) is 0 Å². The van der Waals surface area contributed by atoms with E-state index in [4.69, 9.17) is 16.7 Å². The van der Waals surface area contributed by atoms with E-state index in [0.29, 0.717) is 11.7 Å². The normalized spacial score (nSPS) is 10.2. The molecule has 0 bridgehead atoms. The number of likely N-dealkylation sites (N-methyl/N-ethyl adjacent to an activating group) is 1. The van der Waals surface area contributed by atoms with Crippen LogP contribution in [0.1, 0.15) is 23.5 Å². The third-order valence-corrected chi connectivity index (χ3v) is 3.37. The molecule has 0 saturated carbocycles. The van der Waals surface area contributed by atoms with Gasteiger partial charge in [0.2, 0.25) is 0 Å². The third-order valence-electron chi connectivity index (χ3n) is 1.88. The molecule has 0 unspecified atom stereocenters. The summed E-state index contributed by atoms with van der Waals surface area (Å²) in [7, 11) is 0. The number of aromatic nitrogens is 1. The summed E-state index contributed by atoms with van der Waals surface area (Å²) in [5.41, 5.74) is 0.991. The summed E-state index contributed by atoms with van der Waals surface area (Å²) >= 11 is 6.83. The van der Waals surface area contributed by atoms with Crippen LogP contribution in [0.3, 0.4) is 0 Å². The molecule has 0 radical (unpaired) electrons. The molecule has 4 nitrogen and oxygen atoms in total. The SMILES string of the molecule is C=C(C)CN(CC)c1nc(Cl)c(C(=O)O)s1. The van der Waals surface area contributed by atoms with Gasteiger partial charge in [-0.2, -0.15) is 0 Å². The Balaban J connectivity index is 2.98. The summed E-state index contributed by atoms with van der Waals surface area (Å²) in [4.78, 5) is 16.9. The molecular weight excluding hydrogens is 248 g/mol. The first-order valence-corrected chi connectivity index (χ1v) is 5.94. The maximum Gasteiger partial charge on any atom is 0.349 e. The predicted octanol–water partition coefficient (Wildman–Crippen LogP) is 2.90. The van der Waals surface area contributed by atoms with Gasteiger partial charge < -0.3 is 10.0 Å². The third kappa shape index (κ3) is 2.96. The van der Waals surface area contributed by atoms with Crippen LogP contribution in [0, 0.1) is 0 Å². The van der Waals surface area contributed by atoms with Crippen LogP contribution < -0.4 is 4.90 Å². The van der Waals surface area contributed by atoms with E-state index < -0.39 is 5.97 Å². The maximum atomic E-state index is 10.8. The van der Waals surface area contributed by atoms with E-state index in [1.54, 1.807) is 0 Å². The molecule has 0 aliphatic carbocycles. The Labute approximate surface area is 103 Å². The van der Waals surface area contributed by atoms with Crippen molar-refractivity contribution >= 4 is 34.0 Å². The number of carboxylic acid groups (broad SMARTS) is 1. The zero-order valence-corrected chi connectivity index (χ0v) is 10.7. The lowest BCUT2D eigenvalue weighted by molar-refractivity contribution is 0.0702. The monoisotopic (exact) mass is 260 g/mol. The molecule has 1 aromatic rings. The summed E-state index contributed by atoms with van der Waals surface area (Å²) < 4.78 is 0. The Morgan fingerprint density at radius 1 is 1.69 bits per heavy atom.